The van der Waals surface area contributed by atoms with Crippen LogP contribution in [0.2, 0.25) is 0 Å². The van der Waals surface area contributed by atoms with Crippen molar-refractivity contribution in [2.24, 2.45) is 11.7 Å². The number of nitrogens with one attached hydrogen (secondary N) is 2. The Labute approximate surface area is 152 Å². The van der Waals surface area contributed by atoms with Crippen molar-refractivity contribution in [3.05, 3.63) is 35.9 Å². The average molecular weight is 365 g/mol. The monoisotopic (exact) mass is 365 g/mol. The fraction of sp³-hybridized carbons (Fsp3) is 0.500. The van der Waals surface area contributed by atoms with Crippen LogP contribution in [0.25, 0.3) is 0 Å². The Balaban J connectivity index is 2.67. The van der Waals surface area contributed by atoms with Gasteiger partial charge in [-0.1, -0.05) is 50.6 Å². The van der Waals surface area contributed by atoms with E-state index in [9.17, 15) is 24.6 Å². The van der Waals surface area contributed by atoms with Crippen molar-refractivity contribution in [2.75, 3.05) is 6.61 Å². The molecule has 6 N–H and O–H groups in total. The van der Waals surface area contributed by atoms with Gasteiger partial charge in [-0.15, -0.1) is 0 Å². The number of carbonyl (C=O) groups is 3. The number of carboxylic acids is 1. The number of aliphatic hydroxyl groups is 1. The fourth-order valence-electron chi connectivity index (χ4n) is 2.37. The molecule has 2 amide bonds. The molecule has 0 aliphatic rings. The van der Waals surface area contributed by atoms with Gasteiger partial charge in [-0.25, -0.2) is 4.79 Å². The van der Waals surface area contributed by atoms with Crippen LogP contribution in [-0.4, -0.2) is 52.7 Å². The number of rotatable bonds is 10. The summed E-state index contributed by atoms with van der Waals surface area (Å²) < 4.78 is 0. The molecule has 1 aromatic carbocycles. The molecule has 0 saturated heterocycles. The van der Waals surface area contributed by atoms with E-state index < -0.39 is 42.5 Å². The molecule has 0 aromatic heterocycles. The van der Waals surface area contributed by atoms with E-state index in [0.29, 0.717) is 6.42 Å². The second kappa shape index (κ2) is 10.5. The standard InChI is InChI=1S/C18H27N3O5/c1-3-11(2)15(18(25)26)21-17(24)14(10-22)20-16(23)13(19)9-12-7-5-4-6-8-12/h4-8,11,13-15,22H,3,9-10,19H2,1-2H3,(H,20,23)(H,21,24)(H,25,26). The molecule has 0 radical (unpaired) electrons. The summed E-state index contributed by atoms with van der Waals surface area (Å²) in [4.78, 5) is 35.7. The summed E-state index contributed by atoms with van der Waals surface area (Å²) in [6, 6.07) is 5.88. The lowest BCUT2D eigenvalue weighted by Crippen LogP contribution is -2.57. The quantitative estimate of drug-likeness (QED) is 0.384. The lowest BCUT2D eigenvalue weighted by atomic mass is 9.99. The summed E-state index contributed by atoms with van der Waals surface area (Å²) >= 11 is 0. The van der Waals surface area contributed by atoms with E-state index in [4.69, 9.17) is 5.73 Å². The van der Waals surface area contributed by atoms with Crippen LogP contribution in [0.1, 0.15) is 25.8 Å². The van der Waals surface area contributed by atoms with Crippen LogP contribution in [0, 0.1) is 5.92 Å². The van der Waals surface area contributed by atoms with Gasteiger partial charge in [-0.05, 0) is 17.9 Å². The van der Waals surface area contributed by atoms with E-state index in [2.05, 4.69) is 10.6 Å². The SMILES string of the molecule is CCC(C)C(NC(=O)C(CO)NC(=O)C(N)Cc1ccccc1)C(=O)O. The van der Waals surface area contributed by atoms with Crippen LogP contribution in [0.4, 0.5) is 0 Å². The Morgan fingerprint density at radius 2 is 1.73 bits per heavy atom. The maximum Gasteiger partial charge on any atom is 0.326 e. The minimum Gasteiger partial charge on any atom is -0.480 e. The Morgan fingerprint density at radius 3 is 2.23 bits per heavy atom. The van der Waals surface area contributed by atoms with Gasteiger partial charge in [0.05, 0.1) is 12.6 Å². The molecule has 8 nitrogen and oxygen atoms in total. The molecule has 4 unspecified atom stereocenters. The third kappa shape index (κ3) is 6.45. The zero-order chi connectivity index (χ0) is 19.7. The molecular formula is C18H27N3O5. The number of carbonyl (C=O) groups excluding carboxylic acids is 2. The molecule has 1 aromatic rings. The number of aliphatic hydroxyl groups excluding tert-OH is 1. The molecule has 4 atom stereocenters. The van der Waals surface area contributed by atoms with Gasteiger partial charge in [-0.2, -0.15) is 0 Å². The highest BCUT2D eigenvalue weighted by Gasteiger charge is 2.30. The smallest absolute Gasteiger partial charge is 0.326 e. The van der Waals surface area contributed by atoms with E-state index in [0.717, 1.165) is 5.56 Å². The maximum atomic E-state index is 12.2. The highest BCUT2D eigenvalue weighted by molar-refractivity contribution is 5.92. The average Bonchev–Trinajstić information content (AvgIpc) is 2.63. The summed E-state index contributed by atoms with van der Waals surface area (Å²) in [6.07, 6.45) is 0.826. The second-order valence-corrected chi connectivity index (χ2v) is 6.25. The van der Waals surface area contributed by atoms with Gasteiger partial charge >= 0.3 is 5.97 Å². The largest absolute Gasteiger partial charge is 0.480 e. The van der Waals surface area contributed by atoms with Crippen molar-refractivity contribution in [1.29, 1.82) is 0 Å². The van der Waals surface area contributed by atoms with Gasteiger partial charge < -0.3 is 26.6 Å². The third-order valence-electron chi connectivity index (χ3n) is 4.23. The van der Waals surface area contributed by atoms with Crippen molar-refractivity contribution in [3.8, 4) is 0 Å². The zero-order valence-corrected chi connectivity index (χ0v) is 15.0. The molecule has 26 heavy (non-hydrogen) atoms. The normalized spacial score (nSPS) is 15.4. The fourth-order valence-corrected chi connectivity index (χ4v) is 2.37. The van der Waals surface area contributed by atoms with E-state index in [1.54, 1.807) is 13.8 Å². The highest BCUT2D eigenvalue weighted by Crippen LogP contribution is 2.08. The molecule has 0 saturated carbocycles. The lowest BCUT2D eigenvalue weighted by molar-refractivity contribution is -0.144. The summed E-state index contributed by atoms with van der Waals surface area (Å²) in [5.41, 5.74) is 6.72. The molecular weight excluding hydrogens is 338 g/mol. The molecule has 0 fully saturated rings. The molecule has 0 bridgehead atoms. The van der Waals surface area contributed by atoms with Crippen LogP contribution in [0.5, 0.6) is 0 Å². The predicted molar refractivity (Wildman–Crippen MR) is 96.2 cm³/mol. The molecule has 8 heteroatoms. The molecule has 0 aliphatic heterocycles. The molecule has 0 aliphatic carbocycles. The Hall–Kier alpha value is -2.45. The number of aliphatic carboxylic acids is 1. The topological polar surface area (TPSA) is 142 Å². The summed E-state index contributed by atoms with van der Waals surface area (Å²) in [6.45, 7) is 2.84. The predicted octanol–water partition coefficient (Wildman–Crippen LogP) is -0.351. The number of nitrogens with two attached hydrogens (primary N) is 1. The van der Waals surface area contributed by atoms with E-state index in [1.165, 1.54) is 0 Å². The van der Waals surface area contributed by atoms with Crippen LogP contribution < -0.4 is 16.4 Å². The summed E-state index contributed by atoms with van der Waals surface area (Å²) in [5.74, 6) is -2.83. The van der Waals surface area contributed by atoms with Gasteiger partial charge in [0, 0.05) is 0 Å². The minimum atomic E-state index is -1.27. The maximum absolute atomic E-state index is 12.2. The minimum absolute atomic E-state index is 0.275. The number of hydrogen-bond donors (Lipinski definition) is 5. The first kappa shape index (κ1) is 21.6. The second-order valence-electron chi connectivity index (χ2n) is 6.25. The van der Waals surface area contributed by atoms with Crippen LogP contribution in [0.3, 0.4) is 0 Å². The van der Waals surface area contributed by atoms with Crippen LogP contribution in [-0.2, 0) is 20.8 Å². The van der Waals surface area contributed by atoms with Crippen molar-refractivity contribution >= 4 is 17.8 Å². The molecule has 0 spiro atoms. The van der Waals surface area contributed by atoms with Crippen molar-refractivity contribution < 1.29 is 24.6 Å². The van der Waals surface area contributed by atoms with Crippen LogP contribution in [0.15, 0.2) is 30.3 Å². The first-order valence-corrected chi connectivity index (χ1v) is 8.54. The van der Waals surface area contributed by atoms with E-state index in [1.807, 2.05) is 30.3 Å². The first-order valence-electron chi connectivity index (χ1n) is 8.54. The summed E-state index contributed by atoms with van der Waals surface area (Å²) in [7, 11) is 0. The van der Waals surface area contributed by atoms with Gasteiger partial charge in [0.1, 0.15) is 12.1 Å². The number of hydrogen-bond acceptors (Lipinski definition) is 5. The van der Waals surface area contributed by atoms with Crippen molar-refractivity contribution in [1.82, 2.24) is 10.6 Å². The Kier molecular flexibility index (Phi) is 8.74. The lowest BCUT2D eigenvalue weighted by Gasteiger charge is -2.24. The van der Waals surface area contributed by atoms with Gasteiger partial charge in [0.25, 0.3) is 0 Å². The zero-order valence-electron chi connectivity index (χ0n) is 15.0. The molecule has 144 valence electrons. The summed E-state index contributed by atoms with van der Waals surface area (Å²) in [5, 5.41) is 23.4. The van der Waals surface area contributed by atoms with Crippen molar-refractivity contribution in [3.63, 3.8) is 0 Å². The van der Waals surface area contributed by atoms with Gasteiger partial charge in [-0.3, -0.25) is 9.59 Å². The van der Waals surface area contributed by atoms with E-state index in [-0.39, 0.29) is 12.3 Å². The first-order chi connectivity index (χ1) is 12.3. The number of amides is 2. The van der Waals surface area contributed by atoms with Crippen LogP contribution >= 0.6 is 0 Å². The van der Waals surface area contributed by atoms with Gasteiger partial charge in [0.2, 0.25) is 11.8 Å². The number of benzene rings is 1. The Bertz CT molecular complexity index is 608. The Morgan fingerprint density at radius 1 is 1.12 bits per heavy atom. The van der Waals surface area contributed by atoms with E-state index >= 15 is 0 Å². The molecule has 1 rings (SSSR count). The van der Waals surface area contributed by atoms with Crippen molar-refractivity contribution in [2.45, 2.75) is 44.8 Å². The van der Waals surface area contributed by atoms with Gasteiger partial charge in [0.15, 0.2) is 0 Å². The third-order valence-corrected chi connectivity index (χ3v) is 4.23. The number of carboxylic acid groups (broad SMARTS) is 1. The highest BCUT2D eigenvalue weighted by atomic mass is 16.4. The molecule has 0 heterocycles.